The zero-order valence-electron chi connectivity index (χ0n) is 37.3. The monoisotopic (exact) mass is 1010 g/mol. The van der Waals surface area contributed by atoms with Crippen molar-refractivity contribution in [2.45, 2.75) is 141 Å². The normalized spacial score (nSPS) is 20.3. The molecule has 0 aliphatic carbocycles. The Bertz CT molecular complexity index is 2030. The van der Waals surface area contributed by atoms with Gasteiger partial charge < -0.3 is 69.0 Å². The van der Waals surface area contributed by atoms with E-state index < -0.39 is 84.6 Å². The molecule has 2 unspecified atom stereocenters. The molecule has 0 saturated carbocycles. The van der Waals surface area contributed by atoms with Gasteiger partial charge in [0.05, 0.1) is 27.4 Å². The first-order chi connectivity index (χ1) is 31.1. The van der Waals surface area contributed by atoms with Crippen molar-refractivity contribution >= 4 is 69.1 Å². The summed E-state index contributed by atoms with van der Waals surface area (Å²) >= 11 is 1.13. The molecule has 24 nitrogen and oxygen atoms in total. The van der Waals surface area contributed by atoms with Crippen molar-refractivity contribution in [2.75, 3.05) is 37.8 Å². The van der Waals surface area contributed by atoms with Crippen LogP contribution in [0.2, 0.25) is 0 Å². The first-order valence-electron chi connectivity index (χ1n) is 21.7. The number of hydrogen-bond acceptors (Lipinski definition) is 22. The van der Waals surface area contributed by atoms with Crippen molar-refractivity contribution in [1.29, 1.82) is 0 Å². The average molecular weight is 1010 g/mol. The molecule has 6 N–H and O–H groups in total. The Labute approximate surface area is 388 Å². The summed E-state index contributed by atoms with van der Waals surface area (Å²) in [6.45, 7) is 2.38. The standard InChI is InChI=1S/C38H66N7O17P3S/c1-4-5-6-7-8-9-10-11-12-13-14-15-16-17-18-29(47)66-22-21-40-28(46)19-20-41-36(50)33(49)38(2,3)24-59-65(56,57)62-64(54,55)58-23-27-32(61-63(51,52)53)31(48)37(60-27)45-26-44-30-34(39)42-25-43-35(30)45/h10-11,25-27,31-33,37,48-49H,4-9,12-24H2,1-3H3,(H,40,46)(H,41,50)(H,54,55)(H,56,57)(H2,39,42,43)(H2,51,52,53)/p-4/b11-10-/t27-,31-,32-,33+,37-/m1/s1. The molecule has 7 atom stereocenters. The van der Waals surface area contributed by atoms with Crippen LogP contribution in [0.4, 0.5) is 5.82 Å². The zero-order chi connectivity index (χ0) is 49.0. The van der Waals surface area contributed by atoms with Crippen LogP contribution in [0.25, 0.3) is 11.2 Å². The Balaban J connectivity index is 1.32. The lowest BCUT2D eigenvalue weighted by molar-refractivity contribution is -0.347. The fourth-order valence-electron chi connectivity index (χ4n) is 6.51. The average Bonchev–Trinajstić information content (AvgIpc) is 3.80. The Morgan fingerprint density at radius 3 is 2.23 bits per heavy atom. The molecule has 3 heterocycles. The number of nitrogen functional groups attached to an aromatic ring is 1. The van der Waals surface area contributed by atoms with Gasteiger partial charge in [0.25, 0.3) is 15.6 Å². The van der Waals surface area contributed by atoms with E-state index in [-0.39, 0.29) is 41.6 Å². The summed E-state index contributed by atoms with van der Waals surface area (Å²) in [6, 6.07) is 0. The number of carbonyl (C=O) groups excluding carboxylic acids is 3. The van der Waals surface area contributed by atoms with E-state index in [1.807, 2.05) is 0 Å². The lowest BCUT2D eigenvalue weighted by Gasteiger charge is -2.36. The number of carbonyl (C=O) groups is 3. The van der Waals surface area contributed by atoms with Gasteiger partial charge in [0.2, 0.25) is 11.8 Å². The quantitative estimate of drug-likeness (QED) is 0.0386. The van der Waals surface area contributed by atoms with E-state index in [4.69, 9.17) is 10.5 Å². The molecule has 0 aromatic carbocycles. The maximum Gasteiger partial charge on any atom is 0.274 e. The van der Waals surface area contributed by atoms with Crippen LogP contribution in [0.15, 0.2) is 24.8 Å². The van der Waals surface area contributed by atoms with Gasteiger partial charge >= 0.3 is 0 Å². The third kappa shape index (κ3) is 20.9. The van der Waals surface area contributed by atoms with Crippen molar-refractivity contribution < 1.29 is 80.5 Å². The molecular formula is C38H62N7O17P3S-4. The van der Waals surface area contributed by atoms with Crippen molar-refractivity contribution in [3.8, 4) is 0 Å². The summed E-state index contributed by atoms with van der Waals surface area (Å²) in [5.74, 6) is -1.14. The molecule has 2 aromatic rings. The number of aliphatic hydroxyl groups excluding tert-OH is 2. The highest BCUT2D eigenvalue weighted by Crippen LogP contribution is 2.56. The van der Waals surface area contributed by atoms with Gasteiger partial charge in [-0.15, -0.1) is 0 Å². The highest BCUT2D eigenvalue weighted by molar-refractivity contribution is 8.13. The lowest BCUT2D eigenvalue weighted by atomic mass is 9.87. The van der Waals surface area contributed by atoms with Crippen LogP contribution >= 0.6 is 35.2 Å². The lowest BCUT2D eigenvalue weighted by Crippen LogP contribution is -2.46. The maximum absolute atomic E-state index is 12.6. The molecule has 3 rings (SSSR count). The number of unbranched alkanes of at least 4 members (excludes halogenated alkanes) is 10. The van der Waals surface area contributed by atoms with Gasteiger partial charge in [-0.05, 0) is 32.1 Å². The molecule has 1 fully saturated rings. The topological polar surface area (TPSA) is 375 Å². The van der Waals surface area contributed by atoms with Crippen LogP contribution in [-0.2, 0) is 50.7 Å². The van der Waals surface area contributed by atoms with Crippen LogP contribution in [-0.4, -0.2) is 103 Å². The van der Waals surface area contributed by atoms with Gasteiger partial charge in [-0.2, -0.15) is 0 Å². The number of ether oxygens (including phenoxy) is 1. The Morgan fingerprint density at radius 1 is 0.924 bits per heavy atom. The second kappa shape index (κ2) is 28.1. The number of phosphoric acid groups is 3. The summed E-state index contributed by atoms with van der Waals surface area (Å²) in [5.41, 5.74) is 4.09. The van der Waals surface area contributed by atoms with Crippen LogP contribution in [0.3, 0.4) is 0 Å². The van der Waals surface area contributed by atoms with Crippen molar-refractivity contribution in [1.82, 2.24) is 30.2 Å². The predicted molar refractivity (Wildman–Crippen MR) is 233 cm³/mol. The van der Waals surface area contributed by atoms with Gasteiger partial charge in [-0.25, -0.2) is 19.3 Å². The van der Waals surface area contributed by atoms with Gasteiger partial charge in [0, 0.05) is 37.1 Å². The van der Waals surface area contributed by atoms with Gasteiger partial charge in [0.1, 0.15) is 36.3 Å². The van der Waals surface area contributed by atoms with E-state index in [0.29, 0.717) is 12.2 Å². The number of aliphatic hydroxyl groups is 2. The predicted octanol–water partition coefficient (Wildman–Crippen LogP) is 1.78. The molecule has 0 radical (unpaired) electrons. The molecule has 0 spiro atoms. The van der Waals surface area contributed by atoms with E-state index in [2.05, 4.69) is 62.5 Å². The molecular weight excluding hydrogens is 951 g/mol. The van der Waals surface area contributed by atoms with Crippen molar-refractivity contribution in [3.63, 3.8) is 0 Å². The number of allylic oxidation sites excluding steroid dienone is 2. The summed E-state index contributed by atoms with van der Waals surface area (Å²) in [6.07, 6.45) is 11.3. The Hall–Kier alpha value is -2.70. The molecule has 28 heteroatoms. The first-order valence-corrected chi connectivity index (χ1v) is 27.0. The highest BCUT2D eigenvalue weighted by Gasteiger charge is 2.47. The van der Waals surface area contributed by atoms with E-state index in [9.17, 15) is 57.9 Å². The minimum atomic E-state index is -5.92. The molecule has 1 aliphatic rings. The molecule has 66 heavy (non-hydrogen) atoms. The summed E-state index contributed by atoms with van der Waals surface area (Å²) in [5, 5.41) is 26.5. The fourth-order valence-corrected chi connectivity index (χ4v) is 9.96. The molecule has 1 aliphatic heterocycles. The number of hydrogen-bond donors (Lipinski definition) is 5. The molecule has 376 valence electrons. The third-order valence-electron chi connectivity index (χ3n) is 10.1. The van der Waals surface area contributed by atoms with Crippen molar-refractivity contribution in [3.05, 3.63) is 24.8 Å². The van der Waals surface area contributed by atoms with E-state index >= 15 is 0 Å². The number of phosphoric ester groups is 3. The fraction of sp³-hybridized carbons (Fsp3) is 0.737. The molecule has 2 aromatic heterocycles. The van der Waals surface area contributed by atoms with Gasteiger partial charge in [-0.3, -0.25) is 28.1 Å². The molecule has 0 bridgehead atoms. The van der Waals surface area contributed by atoms with E-state index in [1.54, 1.807) is 0 Å². The number of thioether (sulfide) groups is 1. The number of aromatic nitrogens is 4. The third-order valence-corrected chi connectivity index (χ3v) is 14.1. The molecule has 1 saturated heterocycles. The summed E-state index contributed by atoms with van der Waals surface area (Å²) in [4.78, 5) is 96.8. The second-order valence-corrected chi connectivity index (χ2v) is 21.4. The SMILES string of the molecule is CCCCCCC/C=C\CCCCCCCC(=O)SCCNC(=O)CCNC(=O)[C@H](O)C(C)(C)COP(=O)([O-])OP(=O)([O-])OC[C@H]1O[C@@H](n2cnc3c(N)ncnc32)[C@H](O)[C@@H]1OP(=O)([O-])[O-]. The summed E-state index contributed by atoms with van der Waals surface area (Å²) < 4.78 is 60.8. The maximum atomic E-state index is 12.6. The largest absolute Gasteiger partial charge is 0.790 e. The van der Waals surface area contributed by atoms with Crippen LogP contribution < -0.4 is 35.9 Å². The Morgan fingerprint density at radius 2 is 1.56 bits per heavy atom. The number of anilines is 1. The zero-order valence-corrected chi connectivity index (χ0v) is 40.8. The number of nitrogens with zero attached hydrogens (tertiary/aromatic N) is 4. The van der Waals surface area contributed by atoms with E-state index in [0.717, 1.165) is 73.9 Å². The number of imidazole rings is 1. The van der Waals surface area contributed by atoms with E-state index in [1.165, 1.54) is 46.0 Å². The van der Waals surface area contributed by atoms with Crippen molar-refractivity contribution in [2.24, 2.45) is 5.41 Å². The minimum Gasteiger partial charge on any atom is -0.790 e. The van der Waals surface area contributed by atoms with Crippen LogP contribution in [0.5, 0.6) is 0 Å². The minimum absolute atomic E-state index is 0.0189. The first kappa shape index (κ1) is 57.6. The molecule has 2 amide bonds. The van der Waals surface area contributed by atoms with Crippen LogP contribution in [0, 0.1) is 5.41 Å². The number of nitrogens with two attached hydrogens (primary N) is 1. The number of amides is 2. The Kier molecular flexibility index (Phi) is 24.5. The number of fused-ring (bicyclic) bond motifs is 1. The van der Waals surface area contributed by atoms with Gasteiger partial charge in [-0.1, -0.05) is 89.6 Å². The number of nitrogens with one attached hydrogen (secondary N) is 2. The highest BCUT2D eigenvalue weighted by atomic mass is 32.2. The summed E-state index contributed by atoms with van der Waals surface area (Å²) in [7, 11) is -17.6. The smallest absolute Gasteiger partial charge is 0.274 e. The van der Waals surface area contributed by atoms with Gasteiger partial charge in [0.15, 0.2) is 22.8 Å². The van der Waals surface area contributed by atoms with Crippen LogP contribution in [0.1, 0.15) is 117 Å². The second-order valence-electron chi connectivity index (χ2n) is 16.2. The number of rotatable bonds is 33.